The Morgan fingerprint density at radius 1 is 1.09 bits per heavy atom. The molecule has 7 nitrogen and oxygen atoms in total. The number of imidazole rings is 1. The minimum absolute atomic E-state index is 0.0202. The van der Waals surface area contributed by atoms with Crippen LogP contribution in [0, 0.1) is 17.2 Å². The van der Waals surface area contributed by atoms with E-state index in [9.17, 15) is 14.0 Å². The molecule has 0 N–H and O–H groups in total. The number of aromatic nitrogens is 4. The summed E-state index contributed by atoms with van der Waals surface area (Å²) in [5.74, 6) is 1.52. The molecular weight excluding hydrogens is 452 g/mol. The van der Waals surface area contributed by atoms with Gasteiger partial charge in [0.2, 0.25) is 0 Å². The average Bonchev–Trinajstić information content (AvgIpc) is 3.20. The van der Waals surface area contributed by atoms with Crippen LogP contribution in [0.2, 0.25) is 0 Å². The lowest BCUT2D eigenvalue weighted by Gasteiger charge is -2.26. The summed E-state index contributed by atoms with van der Waals surface area (Å²) in [5, 5.41) is 9.60. The summed E-state index contributed by atoms with van der Waals surface area (Å²) in [7, 11) is 0. The van der Waals surface area contributed by atoms with Gasteiger partial charge in [-0.25, -0.2) is 15.0 Å². The number of rotatable bonds is 8. The molecule has 1 fully saturated rings. The predicted molar refractivity (Wildman–Crippen MR) is 126 cm³/mol. The molecule has 9 heteroatoms. The van der Waals surface area contributed by atoms with Crippen molar-refractivity contribution in [2.45, 2.75) is 25.9 Å². The third-order valence-electron chi connectivity index (χ3n) is 5.89. The first-order chi connectivity index (χ1) is 17.1. The van der Waals surface area contributed by atoms with E-state index in [0.29, 0.717) is 46.5 Å². The Morgan fingerprint density at radius 3 is 2.69 bits per heavy atom. The molecule has 5 rings (SSSR count). The van der Waals surface area contributed by atoms with E-state index in [0.717, 1.165) is 19.3 Å². The maximum atomic E-state index is 13.0. The molecule has 0 spiro atoms. The molecule has 0 aliphatic heterocycles. The maximum absolute atomic E-state index is 13.0. The lowest BCUT2D eigenvalue weighted by Crippen LogP contribution is -2.20. The van der Waals surface area contributed by atoms with Crippen LogP contribution < -0.4 is 9.47 Å². The van der Waals surface area contributed by atoms with Gasteiger partial charge in [0, 0.05) is 18.0 Å². The number of nitriles is 1. The summed E-state index contributed by atoms with van der Waals surface area (Å²) in [6.45, 7) is -2.53. The molecule has 4 aromatic rings. The number of pyridine rings is 2. The molecule has 0 amide bonds. The molecule has 1 aliphatic rings. The van der Waals surface area contributed by atoms with Gasteiger partial charge in [0.1, 0.15) is 17.4 Å². The highest BCUT2D eigenvalue weighted by molar-refractivity contribution is 5.80. The zero-order chi connectivity index (χ0) is 24.2. The smallest absolute Gasteiger partial charge is 0.387 e. The highest BCUT2D eigenvalue weighted by Crippen LogP contribution is 2.36. The number of hydrogen-bond acceptors (Lipinski definition) is 6. The largest absolute Gasteiger partial charge is 0.489 e. The van der Waals surface area contributed by atoms with E-state index in [2.05, 4.69) is 21.0 Å². The Bertz CT molecular complexity index is 1420. The molecule has 0 bridgehead atoms. The molecule has 1 aliphatic carbocycles. The number of fused-ring (bicyclic) bond motifs is 1. The van der Waals surface area contributed by atoms with Crippen LogP contribution in [0.1, 0.15) is 36.2 Å². The van der Waals surface area contributed by atoms with Crippen molar-refractivity contribution in [3.8, 4) is 23.4 Å². The van der Waals surface area contributed by atoms with Gasteiger partial charge in [-0.3, -0.25) is 4.57 Å². The van der Waals surface area contributed by atoms with Crippen LogP contribution >= 0.6 is 0 Å². The fourth-order valence-electron chi connectivity index (χ4n) is 3.95. The number of alkyl halides is 2. The van der Waals surface area contributed by atoms with Crippen molar-refractivity contribution in [3.05, 3.63) is 71.8 Å². The number of nitrogens with zero attached hydrogens (tertiary/aromatic N) is 5. The van der Waals surface area contributed by atoms with E-state index in [1.54, 1.807) is 59.4 Å². The minimum Gasteiger partial charge on any atom is -0.489 e. The first-order valence-electron chi connectivity index (χ1n) is 11.2. The van der Waals surface area contributed by atoms with E-state index in [1.807, 2.05) is 6.07 Å². The minimum atomic E-state index is -2.97. The van der Waals surface area contributed by atoms with Crippen LogP contribution in [-0.2, 0) is 0 Å². The second-order valence-corrected chi connectivity index (χ2v) is 8.13. The standard InChI is InChI=1S/C26H21F2N5O2/c27-26(28)35-21-10-2-7-18(23(21)34-16-17-5-1-6-17)11-12-22-32-20-9-4-14-31-25(20)33(22)24-19(15-29)8-3-13-30-24/h2-4,7-14,17,26H,1,5-6,16H2/b12-11+. The molecule has 3 heterocycles. The summed E-state index contributed by atoms with van der Waals surface area (Å²) in [6.07, 6.45) is 9.95. The lowest BCUT2D eigenvalue weighted by molar-refractivity contribution is -0.0517. The monoisotopic (exact) mass is 473 g/mol. The summed E-state index contributed by atoms with van der Waals surface area (Å²) < 4.78 is 38.5. The van der Waals surface area contributed by atoms with Crippen molar-refractivity contribution in [3.63, 3.8) is 0 Å². The van der Waals surface area contributed by atoms with Gasteiger partial charge >= 0.3 is 6.61 Å². The summed E-state index contributed by atoms with van der Waals surface area (Å²) in [6, 6.07) is 13.9. The van der Waals surface area contributed by atoms with E-state index in [4.69, 9.17) is 9.47 Å². The molecule has 176 valence electrons. The Labute approximate surface area is 200 Å². The number of hydrogen-bond donors (Lipinski definition) is 0. The zero-order valence-corrected chi connectivity index (χ0v) is 18.6. The van der Waals surface area contributed by atoms with E-state index in [-0.39, 0.29) is 11.5 Å². The van der Waals surface area contributed by atoms with Crippen molar-refractivity contribution >= 4 is 23.3 Å². The van der Waals surface area contributed by atoms with E-state index in [1.165, 1.54) is 6.07 Å². The summed E-state index contributed by atoms with van der Waals surface area (Å²) >= 11 is 0. The first-order valence-corrected chi connectivity index (χ1v) is 11.2. The lowest BCUT2D eigenvalue weighted by atomic mass is 9.86. The van der Waals surface area contributed by atoms with Crippen LogP contribution in [0.3, 0.4) is 0 Å². The van der Waals surface area contributed by atoms with Gasteiger partial charge in [-0.2, -0.15) is 14.0 Å². The Morgan fingerprint density at radius 2 is 1.91 bits per heavy atom. The SMILES string of the molecule is N#Cc1cccnc1-n1c(/C=C/c2cccc(OC(F)F)c2OCC2CCC2)nc2cccnc21. The highest BCUT2D eigenvalue weighted by Gasteiger charge is 2.21. The van der Waals surface area contributed by atoms with Crippen LogP contribution in [-0.4, -0.2) is 32.7 Å². The second kappa shape index (κ2) is 9.89. The van der Waals surface area contributed by atoms with Crippen LogP contribution in [0.25, 0.3) is 29.1 Å². The van der Waals surface area contributed by atoms with Gasteiger partial charge in [-0.05, 0) is 61.2 Å². The molecule has 0 atom stereocenters. The number of halogens is 2. The number of benzene rings is 1. The van der Waals surface area contributed by atoms with Gasteiger partial charge in [-0.15, -0.1) is 0 Å². The molecular formula is C26H21F2N5O2. The fraction of sp³-hybridized carbons (Fsp3) is 0.231. The van der Waals surface area contributed by atoms with Crippen LogP contribution in [0.4, 0.5) is 8.78 Å². The van der Waals surface area contributed by atoms with Gasteiger partial charge in [-0.1, -0.05) is 18.6 Å². The van der Waals surface area contributed by atoms with Crippen LogP contribution in [0.5, 0.6) is 11.5 Å². The summed E-state index contributed by atoms with van der Waals surface area (Å²) in [5.41, 5.74) is 2.09. The molecule has 0 radical (unpaired) electrons. The van der Waals surface area contributed by atoms with E-state index >= 15 is 0 Å². The Balaban J connectivity index is 1.58. The van der Waals surface area contributed by atoms with E-state index < -0.39 is 6.61 Å². The molecule has 0 unspecified atom stereocenters. The van der Waals surface area contributed by atoms with Gasteiger partial charge in [0.15, 0.2) is 23.0 Å². The highest BCUT2D eigenvalue weighted by atomic mass is 19.3. The third kappa shape index (κ3) is 4.68. The van der Waals surface area contributed by atoms with Crippen molar-refractivity contribution < 1.29 is 18.3 Å². The average molecular weight is 473 g/mol. The van der Waals surface area contributed by atoms with Crippen molar-refractivity contribution in [2.75, 3.05) is 6.61 Å². The normalized spacial score (nSPS) is 13.8. The molecule has 35 heavy (non-hydrogen) atoms. The third-order valence-corrected chi connectivity index (χ3v) is 5.89. The Hall–Kier alpha value is -4.32. The zero-order valence-electron chi connectivity index (χ0n) is 18.6. The van der Waals surface area contributed by atoms with Crippen molar-refractivity contribution in [1.82, 2.24) is 19.5 Å². The molecule has 0 saturated heterocycles. The summed E-state index contributed by atoms with van der Waals surface area (Å²) in [4.78, 5) is 13.5. The number of ether oxygens (including phenoxy) is 2. The van der Waals surface area contributed by atoms with Gasteiger partial charge < -0.3 is 9.47 Å². The molecule has 1 aromatic carbocycles. The maximum Gasteiger partial charge on any atom is 0.387 e. The molecule has 3 aromatic heterocycles. The topological polar surface area (TPSA) is 85.9 Å². The fourth-order valence-corrected chi connectivity index (χ4v) is 3.95. The quantitative estimate of drug-likeness (QED) is 0.329. The predicted octanol–water partition coefficient (Wildman–Crippen LogP) is 5.64. The van der Waals surface area contributed by atoms with Crippen molar-refractivity contribution in [1.29, 1.82) is 5.26 Å². The number of para-hydroxylation sites is 1. The second-order valence-electron chi connectivity index (χ2n) is 8.13. The Kier molecular flexibility index (Phi) is 6.35. The van der Waals surface area contributed by atoms with Crippen LogP contribution in [0.15, 0.2) is 54.9 Å². The first kappa shape index (κ1) is 22.5. The van der Waals surface area contributed by atoms with Gasteiger partial charge in [0.25, 0.3) is 0 Å². The van der Waals surface area contributed by atoms with Gasteiger partial charge in [0.05, 0.1) is 12.2 Å². The van der Waals surface area contributed by atoms with Crippen molar-refractivity contribution in [2.24, 2.45) is 5.92 Å². The molecule has 1 saturated carbocycles.